The predicted molar refractivity (Wildman–Crippen MR) is 68.6 cm³/mol. The van der Waals surface area contributed by atoms with Gasteiger partial charge in [0.1, 0.15) is 5.75 Å². The van der Waals surface area contributed by atoms with Crippen LogP contribution in [-0.4, -0.2) is 5.11 Å². The van der Waals surface area contributed by atoms with Crippen LogP contribution in [0.4, 0.5) is 0 Å². The van der Waals surface area contributed by atoms with Crippen molar-refractivity contribution in [2.75, 3.05) is 0 Å². The molecule has 82 valence electrons. The highest BCUT2D eigenvalue weighted by atomic mass is 35.5. The minimum atomic E-state index is 0.0233. The molecule has 0 unspecified atom stereocenters. The zero-order chi connectivity index (χ0) is 11.7. The Hall–Kier alpha value is -0.890. The lowest BCUT2D eigenvalue weighted by Gasteiger charge is -2.08. The maximum absolute atomic E-state index is 9.51. The van der Waals surface area contributed by atoms with E-state index in [1.807, 2.05) is 0 Å². The van der Waals surface area contributed by atoms with Gasteiger partial charge in [-0.05, 0) is 24.3 Å². The van der Waals surface area contributed by atoms with Gasteiger partial charge in [0, 0.05) is 21.2 Å². The Bertz CT molecular complexity index is 538. The van der Waals surface area contributed by atoms with E-state index in [1.54, 1.807) is 30.3 Å². The monoisotopic (exact) mass is 272 g/mol. The fourth-order valence-electron chi connectivity index (χ4n) is 1.43. The maximum atomic E-state index is 9.51. The molecular weight excluding hydrogens is 266 g/mol. The molecule has 4 heteroatoms. The summed E-state index contributed by atoms with van der Waals surface area (Å²) in [6, 6.07) is 10.1. The molecule has 2 rings (SSSR count). The van der Waals surface area contributed by atoms with E-state index >= 15 is 0 Å². The molecule has 0 atom stereocenters. The van der Waals surface area contributed by atoms with E-state index in [4.69, 9.17) is 34.8 Å². The molecule has 0 aliphatic carbocycles. The lowest BCUT2D eigenvalue weighted by Crippen LogP contribution is -1.82. The summed E-state index contributed by atoms with van der Waals surface area (Å²) in [6.45, 7) is 0. The van der Waals surface area contributed by atoms with Crippen molar-refractivity contribution < 1.29 is 5.11 Å². The molecule has 2 aromatic rings. The molecule has 0 bridgehead atoms. The first-order chi connectivity index (χ1) is 7.59. The van der Waals surface area contributed by atoms with Gasteiger partial charge in [0.2, 0.25) is 0 Å². The first-order valence-corrected chi connectivity index (χ1v) is 5.66. The molecule has 16 heavy (non-hydrogen) atoms. The summed E-state index contributed by atoms with van der Waals surface area (Å²) in [5.41, 5.74) is 1.37. The maximum Gasteiger partial charge on any atom is 0.134 e. The van der Waals surface area contributed by atoms with Crippen LogP contribution in [0.15, 0.2) is 36.4 Å². The molecule has 1 nitrogen and oxygen atoms in total. The second kappa shape index (κ2) is 4.54. The molecule has 0 saturated carbocycles. The molecule has 0 heterocycles. The lowest BCUT2D eigenvalue weighted by atomic mass is 10.1. The van der Waals surface area contributed by atoms with Gasteiger partial charge in [0.25, 0.3) is 0 Å². The molecule has 0 fully saturated rings. The zero-order valence-corrected chi connectivity index (χ0v) is 10.3. The SMILES string of the molecule is Oc1cccc(-c2cc(Cl)ccc2Cl)c1Cl. The van der Waals surface area contributed by atoms with Crippen molar-refractivity contribution in [2.45, 2.75) is 0 Å². The fraction of sp³-hybridized carbons (Fsp3) is 0. The topological polar surface area (TPSA) is 20.2 Å². The van der Waals surface area contributed by atoms with E-state index in [0.717, 1.165) is 0 Å². The highest BCUT2D eigenvalue weighted by Gasteiger charge is 2.10. The van der Waals surface area contributed by atoms with Crippen molar-refractivity contribution in [1.82, 2.24) is 0 Å². The summed E-state index contributed by atoms with van der Waals surface area (Å²) in [5, 5.41) is 10.9. The Balaban J connectivity index is 2.67. The third-order valence-corrected chi connectivity index (χ3v) is 3.16. The van der Waals surface area contributed by atoms with Crippen LogP contribution >= 0.6 is 34.8 Å². The highest BCUT2D eigenvalue weighted by Crippen LogP contribution is 2.38. The van der Waals surface area contributed by atoms with Gasteiger partial charge in [-0.2, -0.15) is 0 Å². The quantitative estimate of drug-likeness (QED) is 0.773. The number of halogens is 3. The van der Waals surface area contributed by atoms with Crippen LogP contribution < -0.4 is 0 Å². The highest BCUT2D eigenvalue weighted by molar-refractivity contribution is 6.38. The summed E-state index contributed by atoms with van der Waals surface area (Å²) < 4.78 is 0. The Kier molecular flexibility index (Phi) is 3.29. The number of phenols is 1. The Labute approximate surface area is 108 Å². The average molecular weight is 274 g/mol. The van der Waals surface area contributed by atoms with Crippen LogP contribution in [0.1, 0.15) is 0 Å². The van der Waals surface area contributed by atoms with Crippen molar-refractivity contribution in [1.29, 1.82) is 0 Å². The third-order valence-electron chi connectivity index (χ3n) is 2.20. The van der Waals surface area contributed by atoms with Gasteiger partial charge in [-0.1, -0.05) is 46.9 Å². The number of aromatic hydroxyl groups is 1. The Morgan fingerprint density at radius 1 is 0.875 bits per heavy atom. The molecule has 0 aromatic heterocycles. The predicted octanol–water partition coefficient (Wildman–Crippen LogP) is 5.02. The molecule has 1 N–H and O–H groups in total. The summed E-state index contributed by atoms with van der Waals surface area (Å²) in [6.07, 6.45) is 0. The molecule has 0 amide bonds. The number of rotatable bonds is 1. The molecule has 0 radical (unpaired) electrons. The summed E-state index contributed by atoms with van der Waals surface area (Å²) in [7, 11) is 0. The fourth-order valence-corrected chi connectivity index (χ4v) is 2.05. The van der Waals surface area contributed by atoms with Crippen molar-refractivity contribution >= 4 is 34.8 Å². The third kappa shape index (κ3) is 2.12. The van der Waals surface area contributed by atoms with E-state index in [-0.39, 0.29) is 10.8 Å². The van der Waals surface area contributed by atoms with E-state index in [1.165, 1.54) is 6.07 Å². The van der Waals surface area contributed by atoms with Crippen LogP contribution in [-0.2, 0) is 0 Å². The number of hydrogen-bond donors (Lipinski definition) is 1. The van der Waals surface area contributed by atoms with E-state index < -0.39 is 0 Å². The Morgan fingerprint density at radius 3 is 2.38 bits per heavy atom. The van der Waals surface area contributed by atoms with Crippen molar-refractivity contribution in [3.8, 4) is 16.9 Å². The summed E-state index contributed by atoms with van der Waals surface area (Å²) in [5.74, 6) is 0.0233. The van der Waals surface area contributed by atoms with Crippen LogP contribution in [0, 0.1) is 0 Å². The van der Waals surface area contributed by atoms with Gasteiger partial charge < -0.3 is 5.11 Å². The van der Waals surface area contributed by atoms with Gasteiger partial charge in [-0.25, -0.2) is 0 Å². The van der Waals surface area contributed by atoms with Gasteiger partial charge in [-0.3, -0.25) is 0 Å². The largest absolute Gasteiger partial charge is 0.506 e. The minimum Gasteiger partial charge on any atom is -0.506 e. The normalized spacial score (nSPS) is 10.4. The standard InChI is InChI=1S/C12H7Cl3O/c13-7-4-5-10(14)9(6-7)8-2-1-3-11(16)12(8)15/h1-6,16H. The number of phenolic OH excluding ortho intramolecular Hbond substituents is 1. The van der Waals surface area contributed by atoms with E-state index in [0.29, 0.717) is 21.2 Å². The minimum absolute atomic E-state index is 0.0233. The van der Waals surface area contributed by atoms with Crippen molar-refractivity contribution in [2.24, 2.45) is 0 Å². The van der Waals surface area contributed by atoms with Gasteiger partial charge in [-0.15, -0.1) is 0 Å². The van der Waals surface area contributed by atoms with E-state index in [9.17, 15) is 5.11 Å². The van der Waals surface area contributed by atoms with Gasteiger partial charge in [0.15, 0.2) is 0 Å². The average Bonchev–Trinajstić information content (AvgIpc) is 2.26. The van der Waals surface area contributed by atoms with Gasteiger partial charge in [0.05, 0.1) is 5.02 Å². The van der Waals surface area contributed by atoms with Crippen LogP contribution in [0.5, 0.6) is 5.75 Å². The molecule has 0 aliphatic heterocycles. The van der Waals surface area contributed by atoms with Crippen LogP contribution in [0.25, 0.3) is 11.1 Å². The van der Waals surface area contributed by atoms with Crippen LogP contribution in [0.2, 0.25) is 15.1 Å². The second-order valence-electron chi connectivity index (χ2n) is 3.26. The molecule has 0 spiro atoms. The molecular formula is C12H7Cl3O. The summed E-state index contributed by atoms with van der Waals surface area (Å²) in [4.78, 5) is 0. The van der Waals surface area contributed by atoms with E-state index in [2.05, 4.69) is 0 Å². The zero-order valence-electron chi connectivity index (χ0n) is 8.05. The molecule has 2 aromatic carbocycles. The number of benzene rings is 2. The van der Waals surface area contributed by atoms with Crippen molar-refractivity contribution in [3.63, 3.8) is 0 Å². The molecule has 0 saturated heterocycles. The molecule has 0 aliphatic rings. The number of hydrogen-bond acceptors (Lipinski definition) is 1. The lowest BCUT2D eigenvalue weighted by molar-refractivity contribution is 0.476. The summed E-state index contributed by atoms with van der Waals surface area (Å²) >= 11 is 18.0. The first kappa shape index (κ1) is 11.6. The second-order valence-corrected chi connectivity index (χ2v) is 4.48. The van der Waals surface area contributed by atoms with Crippen molar-refractivity contribution in [3.05, 3.63) is 51.5 Å². The van der Waals surface area contributed by atoms with Gasteiger partial charge >= 0.3 is 0 Å². The smallest absolute Gasteiger partial charge is 0.134 e. The first-order valence-electron chi connectivity index (χ1n) is 4.52. The van der Waals surface area contributed by atoms with Crippen LogP contribution in [0.3, 0.4) is 0 Å². The Morgan fingerprint density at radius 2 is 1.62 bits per heavy atom.